The van der Waals surface area contributed by atoms with Crippen LogP contribution in [0.25, 0.3) is 0 Å². The summed E-state index contributed by atoms with van der Waals surface area (Å²) < 4.78 is -0.756. The molecule has 0 radical (unpaired) electrons. The molecule has 0 aromatic heterocycles. The Kier molecular flexibility index (Phi) is 3.71. The van der Waals surface area contributed by atoms with E-state index in [4.69, 9.17) is 0 Å². The van der Waals surface area contributed by atoms with Crippen LogP contribution in [0.3, 0.4) is 0 Å². The number of hydrogen-bond donors (Lipinski definition) is 2. The third kappa shape index (κ3) is 2.67. The molecule has 0 aromatic rings. The van der Waals surface area contributed by atoms with E-state index >= 15 is 0 Å². The second kappa shape index (κ2) is 4.34. The summed E-state index contributed by atoms with van der Waals surface area (Å²) in [6.07, 6.45) is 1.96. The molecule has 0 spiro atoms. The highest BCUT2D eigenvalue weighted by molar-refractivity contribution is 8.01. The first-order valence-electron chi connectivity index (χ1n) is 5.40. The molecular weight excluding hydrogens is 212 g/mol. The molecule has 2 N–H and O–H groups in total. The van der Waals surface area contributed by atoms with E-state index < -0.39 is 16.3 Å². The summed E-state index contributed by atoms with van der Waals surface area (Å²) in [5.74, 6) is 0.196. The number of hydrogen-bond acceptors (Lipinski definition) is 3. The standard InChI is InChI=1S/C11H20O3S/c1-8(2)10(3,14)7-11(9(12)13)5-4-6-15-11/h8,14H,4-7H2,1-3H3,(H,12,13). The fourth-order valence-electron chi connectivity index (χ4n) is 1.86. The summed E-state index contributed by atoms with van der Waals surface area (Å²) in [5, 5.41) is 19.5. The Labute approximate surface area is 95.3 Å². The molecule has 88 valence electrons. The Morgan fingerprint density at radius 3 is 2.53 bits per heavy atom. The number of carbonyl (C=O) groups is 1. The number of aliphatic hydroxyl groups is 1. The lowest BCUT2D eigenvalue weighted by Gasteiger charge is -2.35. The maximum Gasteiger partial charge on any atom is 0.319 e. The molecule has 2 unspecified atom stereocenters. The van der Waals surface area contributed by atoms with Gasteiger partial charge in [-0.05, 0) is 31.4 Å². The van der Waals surface area contributed by atoms with E-state index in [0.717, 1.165) is 12.2 Å². The monoisotopic (exact) mass is 232 g/mol. The van der Waals surface area contributed by atoms with Crippen LogP contribution < -0.4 is 0 Å². The van der Waals surface area contributed by atoms with E-state index in [-0.39, 0.29) is 5.92 Å². The largest absolute Gasteiger partial charge is 0.480 e. The Morgan fingerprint density at radius 1 is 1.60 bits per heavy atom. The fourth-order valence-corrected chi connectivity index (χ4v) is 3.35. The lowest BCUT2D eigenvalue weighted by Crippen LogP contribution is -2.44. The Hall–Kier alpha value is -0.220. The van der Waals surface area contributed by atoms with Crippen LogP contribution >= 0.6 is 11.8 Å². The summed E-state index contributed by atoms with van der Waals surface area (Å²) in [6.45, 7) is 5.59. The summed E-state index contributed by atoms with van der Waals surface area (Å²) >= 11 is 1.48. The third-order valence-electron chi connectivity index (χ3n) is 3.38. The SMILES string of the molecule is CC(C)C(C)(O)CC1(C(=O)O)CCCS1. The smallest absolute Gasteiger partial charge is 0.319 e. The second-order valence-electron chi connectivity index (χ2n) is 4.94. The van der Waals surface area contributed by atoms with E-state index in [1.54, 1.807) is 6.92 Å². The van der Waals surface area contributed by atoms with E-state index in [0.29, 0.717) is 12.8 Å². The molecule has 1 heterocycles. The van der Waals surface area contributed by atoms with Crippen LogP contribution in [0.15, 0.2) is 0 Å². The van der Waals surface area contributed by atoms with Gasteiger partial charge in [0.15, 0.2) is 0 Å². The number of aliphatic carboxylic acids is 1. The normalized spacial score (nSPS) is 30.5. The molecule has 3 nitrogen and oxygen atoms in total. The van der Waals surface area contributed by atoms with E-state index in [1.807, 2.05) is 13.8 Å². The average Bonchev–Trinajstić information content (AvgIpc) is 2.53. The van der Waals surface area contributed by atoms with Crippen molar-refractivity contribution in [3.63, 3.8) is 0 Å². The van der Waals surface area contributed by atoms with Crippen molar-refractivity contribution in [3.05, 3.63) is 0 Å². The quantitative estimate of drug-likeness (QED) is 0.779. The minimum absolute atomic E-state index is 0.0786. The molecule has 4 heteroatoms. The Bertz CT molecular complexity index is 242. The van der Waals surface area contributed by atoms with Crippen molar-refractivity contribution < 1.29 is 15.0 Å². The van der Waals surface area contributed by atoms with Crippen LogP contribution in [0.5, 0.6) is 0 Å². The maximum atomic E-state index is 11.3. The van der Waals surface area contributed by atoms with Crippen molar-refractivity contribution in [1.29, 1.82) is 0 Å². The minimum Gasteiger partial charge on any atom is -0.480 e. The van der Waals surface area contributed by atoms with Gasteiger partial charge < -0.3 is 10.2 Å². The Balaban J connectivity index is 2.80. The molecular formula is C11H20O3S. The van der Waals surface area contributed by atoms with Gasteiger partial charge in [0, 0.05) is 6.42 Å². The van der Waals surface area contributed by atoms with Gasteiger partial charge in [-0.3, -0.25) is 4.79 Å². The molecule has 15 heavy (non-hydrogen) atoms. The molecule has 0 bridgehead atoms. The van der Waals surface area contributed by atoms with Gasteiger partial charge in [-0.15, -0.1) is 11.8 Å². The highest BCUT2D eigenvalue weighted by atomic mass is 32.2. The lowest BCUT2D eigenvalue weighted by atomic mass is 9.81. The van der Waals surface area contributed by atoms with Gasteiger partial charge in [-0.2, -0.15) is 0 Å². The first-order chi connectivity index (χ1) is 6.80. The number of rotatable bonds is 4. The van der Waals surface area contributed by atoms with E-state index in [1.165, 1.54) is 11.8 Å². The van der Waals surface area contributed by atoms with Gasteiger partial charge >= 0.3 is 5.97 Å². The number of carboxylic acids is 1. The van der Waals surface area contributed by atoms with Gasteiger partial charge in [0.05, 0.1) is 5.60 Å². The highest BCUT2D eigenvalue weighted by Crippen LogP contribution is 2.45. The molecule has 1 fully saturated rings. The summed E-state index contributed by atoms with van der Waals surface area (Å²) in [5.41, 5.74) is -0.893. The van der Waals surface area contributed by atoms with Crippen molar-refractivity contribution in [3.8, 4) is 0 Å². The van der Waals surface area contributed by atoms with Crippen LogP contribution in [0, 0.1) is 5.92 Å². The molecule has 0 aliphatic carbocycles. The average molecular weight is 232 g/mol. The van der Waals surface area contributed by atoms with E-state index in [2.05, 4.69) is 0 Å². The van der Waals surface area contributed by atoms with Crippen molar-refractivity contribution in [1.82, 2.24) is 0 Å². The second-order valence-corrected chi connectivity index (χ2v) is 6.42. The molecule has 0 saturated carbocycles. The van der Waals surface area contributed by atoms with Gasteiger partial charge in [-0.1, -0.05) is 13.8 Å². The van der Waals surface area contributed by atoms with Crippen LogP contribution in [-0.2, 0) is 4.79 Å². The summed E-state index contributed by atoms with van der Waals surface area (Å²) in [7, 11) is 0. The van der Waals surface area contributed by atoms with Crippen LogP contribution in [-0.4, -0.2) is 32.3 Å². The first kappa shape index (κ1) is 12.8. The first-order valence-corrected chi connectivity index (χ1v) is 6.38. The zero-order chi connectivity index (χ0) is 11.7. The molecule has 2 atom stereocenters. The maximum absolute atomic E-state index is 11.3. The predicted molar refractivity (Wildman–Crippen MR) is 62.1 cm³/mol. The van der Waals surface area contributed by atoms with Crippen molar-refractivity contribution in [2.24, 2.45) is 5.92 Å². The molecule has 1 aliphatic heterocycles. The zero-order valence-corrected chi connectivity index (χ0v) is 10.4. The Morgan fingerprint density at radius 2 is 2.20 bits per heavy atom. The van der Waals surface area contributed by atoms with E-state index in [9.17, 15) is 15.0 Å². The molecule has 1 saturated heterocycles. The zero-order valence-electron chi connectivity index (χ0n) is 9.62. The van der Waals surface area contributed by atoms with Crippen molar-refractivity contribution in [2.75, 3.05) is 5.75 Å². The van der Waals surface area contributed by atoms with Gasteiger partial charge in [0.2, 0.25) is 0 Å². The van der Waals surface area contributed by atoms with Crippen LogP contribution in [0.4, 0.5) is 0 Å². The summed E-state index contributed by atoms with van der Waals surface area (Å²) in [4.78, 5) is 11.3. The summed E-state index contributed by atoms with van der Waals surface area (Å²) in [6, 6.07) is 0. The number of carboxylic acid groups (broad SMARTS) is 1. The molecule has 0 amide bonds. The van der Waals surface area contributed by atoms with Crippen LogP contribution in [0.2, 0.25) is 0 Å². The van der Waals surface area contributed by atoms with Crippen molar-refractivity contribution in [2.45, 2.75) is 50.4 Å². The molecule has 0 aromatic carbocycles. The van der Waals surface area contributed by atoms with Crippen LogP contribution in [0.1, 0.15) is 40.0 Å². The lowest BCUT2D eigenvalue weighted by molar-refractivity contribution is -0.142. The number of thioether (sulfide) groups is 1. The van der Waals surface area contributed by atoms with Gasteiger partial charge in [0.1, 0.15) is 4.75 Å². The highest BCUT2D eigenvalue weighted by Gasteiger charge is 2.47. The third-order valence-corrected chi connectivity index (χ3v) is 4.95. The van der Waals surface area contributed by atoms with Gasteiger partial charge in [0.25, 0.3) is 0 Å². The predicted octanol–water partition coefficient (Wildman–Crippen LogP) is 2.13. The van der Waals surface area contributed by atoms with Gasteiger partial charge in [-0.25, -0.2) is 0 Å². The minimum atomic E-state index is -0.893. The molecule has 1 rings (SSSR count). The topological polar surface area (TPSA) is 57.5 Å². The molecule has 1 aliphatic rings. The fraction of sp³-hybridized carbons (Fsp3) is 0.909. The van der Waals surface area contributed by atoms with Crippen molar-refractivity contribution >= 4 is 17.7 Å².